The van der Waals surface area contributed by atoms with Crippen molar-refractivity contribution in [3.63, 3.8) is 0 Å². The van der Waals surface area contributed by atoms with Gasteiger partial charge in [-0.2, -0.15) is 0 Å². The summed E-state index contributed by atoms with van der Waals surface area (Å²) >= 11 is 11.8. The molecular formula is C7H14Cl2N2. The quantitative estimate of drug-likeness (QED) is 0.625. The lowest BCUT2D eigenvalue weighted by Crippen LogP contribution is -2.45. The van der Waals surface area contributed by atoms with Crippen molar-refractivity contribution in [2.45, 2.75) is 25.8 Å². The van der Waals surface area contributed by atoms with Crippen molar-refractivity contribution in [3.8, 4) is 0 Å². The van der Waals surface area contributed by atoms with E-state index in [2.05, 4.69) is 6.92 Å². The van der Waals surface area contributed by atoms with Gasteiger partial charge in [-0.25, -0.2) is 8.84 Å². The van der Waals surface area contributed by atoms with Crippen LogP contribution in [-0.2, 0) is 0 Å². The van der Waals surface area contributed by atoms with E-state index in [0.717, 1.165) is 26.1 Å². The maximum absolute atomic E-state index is 5.97. The Kier molecular flexibility index (Phi) is 3.93. The van der Waals surface area contributed by atoms with E-state index in [1.807, 2.05) is 8.84 Å². The van der Waals surface area contributed by atoms with Gasteiger partial charge in [0.05, 0.1) is 0 Å². The summed E-state index contributed by atoms with van der Waals surface area (Å²) in [7, 11) is 0. The molecule has 1 fully saturated rings. The number of halogens is 2. The second-order valence-corrected chi connectivity index (χ2v) is 3.85. The Balaban J connectivity index is 2.34. The van der Waals surface area contributed by atoms with Gasteiger partial charge in [0.1, 0.15) is 0 Å². The van der Waals surface area contributed by atoms with Crippen LogP contribution in [0.1, 0.15) is 19.8 Å². The Morgan fingerprint density at radius 3 is 2.73 bits per heavy atom. The van der Waals surface area contributed by atoms with Gasteiger partial charge in [0.2, 0.25) is 0 Å². The zero-order valence-corrected chi connectivity index (χ0v) is 8.28. The van der Waals surface area contributed by atoms with Crippen LogP contribution in [0.2, 0.25) is 0 Å². The fourth-order valence-electron chi connectivity index (χ4n) is 1.36. The highest BCUT2D eigenvalue weighted by atomic mass is 35.5. The van der Waals surface area contributed by atoms with Gasteiger partial charge in [-0.1, -0.05) is 13.3 Å². The third-order valence-electron chi connectivity index (χ3n) is 1.98. The summed E-state index contributed by atoms with van der Waals surface area (Å²) < 4.78 is 3.70. The maximum atomic E-state index is 5.97. The van der Waals surface area contributed by atoms with Gasteiger partial charge in [-0.15, -0.1) is 0 Å². The summed E-state index contributed by atoms with van der Waals surface area (Å²) in [4.78, 5) is 0. The van der Waals surface area contributed by atoms with Crippen molar-refractivity contribution in [1.82, 2.24) is 8.84 Å². The van der Waals surface area contributed by atoms with Crippen LogP contribution in [0, 0.1) is 0 Å². The minimum atomic E-state index is 0.438. The highest BCUT2D eigenvalue weighted by molar-refractivity contribution is 6.15. The number of hydrogen-bond donors (Lipinski definition) is 0. The van der Waals surface area contributed by atoms with E-state index < -0.39 is 0 Å². The molecule has 0 spiro atoms. The molecule has 1 unspecified atom stereocenters. The lowest BCUT2D eigenvalue weighted by atomic mass is 10.1. The number of nitrogens with zero attached hydrogens (tertiary/aromatic N) is 2. The number of hydrogen-bond acceptors (Lipinski definition) is 2. The standard InChI is InChI=1S/C7H14Cl2N2/c1-2-3-7-6-10(8)4-5-11(7)9/h7H,2-6H2,1H3. The van der Waals surface area contributed by atoms with Gasteiger partial charge in [0.15, 0.2) is 0 Å². The monoisotopic (exact) mass is 196 g/mol. The molecule has 1 rings (SSSR count). The fraction of sp³-hybridized carbons (Fsp3) is 1.00. The van der Waals surface area contributed by atoms with Gasteiger partial charge >= 0.3 is 0 Å². The largest absolute Gasteiger partial charge is 0.217 e. The van der Waals surface area contributed by atoms with Gasteiger partial charge < -0.3 is 0 Å². The summed E-state index contributed by atoms with van der Waals surface area (Å²) in [5.41, 5.74) is 0. The van der Waals surface area contributed by atoms with E-state index in [4.69, 9.17) is 23.6 Å². The normalized spacial score (nSPS) is 29.2. The van der Waals surface area contributed by atoms with Gasteiger partial charge in [0.25, 0.3) is 0 Å². The van der Waals surface area contributed by atoms with E-state index in [0.29, 0.717) is 6.04 Å². The van der Waals surface area contributed by atoms with Crippen molar-refractivity contribution in [2.24, 2.45) is 0 Å². The number of rotatable bonds is 2. The minimum Gasteiger partial charge on any atom is -0.217 e. The lowest BCUT2D eigenvalue weighted by Gasteiger charge is -2.33. The van der Waals surface area contributed by atoms with Crippen LogP contribution in [0.3, 0.4) is 0 Å². The van der Waals surface area contributed by atoms with Crippen molar-refractivity contribution in [3.05, 3.63) is 0 Å². The van der Waals surface area contributed by atoms with Crippen LogP contribution in [0.5, 0.6) is 0 Å². The summed E-state index contributed by atoms with van der Waals surface area (Å²) in [5.74, 6) is 0. The molecule has 0 bridgehead atoms. The van der Waals surface area contributed by atoms with Gasteiger partial charge in [0, 0.05) is 25.7 Å². The Morgan fingerprint density at radius 1 is 1.36 bits per heavy atom. The Bertz CT molecular complexity index is 121. The SMILES string of the molecule is CCCC1CN(Cl)CCN1Cl. The highest BCUT2D eigenvalue weighted by Gasteiger charge is 2.23. The molecule has 1 saturated heterocycles. The first-order valence-electron chi connectivity index (χ1n) is 4.07. The third kappa shape index (κ3) is 2.79. The Hall–Kier alpha value is 0.500. The van der Waals surface area contributed by atoms with Crippen LogP contribution in [0.25, 0.3) is 0 Å². The summed E-state index contributed by atoms with van der Waals surface area (Å²) in [6.07, 6.45) is 2.30. The highest BCUT2D eigenvalue weighted by Crippen LogP contribution is 2.17. The number of piperazine rings is 1. The topological polar surface area (TPSA) is 6.48 Å². The summed E-state index contributed by atoms with van der Waals surface area (Å²) in [6.45, 7) is 4.79. The zero-order chi connectivity index (χ0) is 8.27. The molecular weight excluding hydrogens is 183 g/mol. The van der Waals surface area contributed by atoms with Gasteiger partial charge in [-0.05, 0) is 30.0 Å². The molecule has 1 heterocycles. The Labute approximate surface area is 78.3 Å². The van der Waals surface area contributed by atoms with E-state index in [9.17, 15) is 0 Å². The minimum absolute atomic E-state index is 0.438. The molecule has 0 N–H and O–H groups in total. The van der Waals surface area contributed by atoms with E-state index in [1.165, 1.54) is 6.42 Å². The summed E-state index contributed by atoms with van der Waals surface area (Å²) in [6, 6.07) is 0.438. The molecule has 1 aliphatic rings. The van der Waals surface area contributed by atoms with Crippen LogP contribution in [0.4, 0.5) is 0 Å². The van der Waals surface area contributed by atoms with Crippen LogP contribution >= 0.6 is 23.6 Å². The first-order chi connectivity index (χ1) is 5.24. The smallest absolute Gasteiger partial charge is 0.0392 e. The molecule has 0 aromatic rings. The van der Waals surface area contributed by atoms with Crippen molar-refractivity contribution in [1.29, 1.82) is 0 Å². The molecule has 1 atom stereocenters. The van der Waals surface area contributed by atoms with E-state index >= 15 is 0 Å². The lowest BCUT2D eigenvalue weighted by molar-refractivity contribution is 0.202. The first kappa shape index (κ1) is 9.59. The second kappa shape index (κ2) is 4.51. The van der Waals surface area contributed by atoms with Crippen LogP contribution in [-0.4, -0.2) is 34.5 Å². The third-order valence-corrected chi connectivity index (χ3v) is 2.74. The molecule has 0 aromatic carbocycles. The van der Waals surface area contributed by atoms with Crippen molar-refractivity contribution in [2.75, 3.05) is 19.6 Å². The molecule has 0 radical (unpaired) electrons. The molecule has 66 valence electrons. The zero-order valence-electron chi connectivity index (χ0n) is 6.76. The summed E-state index contributed by atoms with van der Waals surface area (Å²) in [5, 5.41) is 0. The fourth-order valence-corrected chi connectivity index (χ4v) is 1.83. The average Bonchev–Trinajstić information content (AvgIpc) is 1.98. The Morgan fingerprint density at radius 2 is 2.09 bits per heavy atom. The second-order valence-electron chi connectivity index (χ2n) is 2.93. The molecule has 0 amide bonds. The predicted molar refractivity (Wildman–Crippen MR) is 48.7 cm³/mol. The molecule has 0 aromatic heterocycles. The van der Waals surface area contributed by atoms with E-state index in [1.54, 1.807) is 0 Å². The predicted octanol–water partition coefficient (Wildman–Crippen LogP) is 2.08. The van der Waals surface area contributed by atoms with E-state index in [-0.39, 0.29) is 0 Å². The molecule has 1 aliphatic heterocycles. The van der Waals surface area contributed by atoms with Gasteiger partial charge in [-0.3, -0.25) is 0 Å². The molecule has 4 heteroatoms. The first-order valence-corrected chi connectivity index (χ1v) is 4.74. The van der Waals surface area contributed by atoms with Crippen molar-refractivity contribution >= 4 is 23.6 Å². The molecule has 11 heavy (non-hydrogen) atoms. The van der Waals surface area contributed by atoms with Crippen molar-refractivity contribution < 1.29 is 0 Å². The molecule has 0 aliphatic carbocycles. The maximum Gasteiger partial charge on any atom is 0.0392 e. The molecule has 2 nitrogen and oxygen atoms in total. The average molecular weight is 197 g/mol. The van der Waals surface area contributed by atoms with Crippen LogP contribution < -0.4 is 0 Å². The van der Waals surface area contributed by atoms with Crippen LogP contribution in [0.15, 0.2) is 0 Å². The molecule has 0 saturated carbocycles.